The summed E-state index contributed by atoms with van der Waals surface area (Å²) in [4.78, 5) is 12.3. The Labute approximate surface area is 123 Å². The molecule has 2 aromatic heterocycles. The van der Waals surface area contributed by atoms with Crippen LogP contribution in [0.2, 0.25) is 5.15 Å². The molecule has 2 heterocycles. The highest BCUT2D eigenvalue weighted by Gasteiger charge is 2.19. The van der Waals surface area contributed by atoms with Crippen molar-refractivity contribution in [3.63, 3.8) is 0 Å². The molecule has 0 aliphatic rings. The second-order valence-electron chi connectivity index (χ2n) is 5.56. The molecule has 2 aromatic rings. The van der Waals surface area contributed by atoms with Crippen LogP contribution in [0, 0.1) is 0 Å². The summed E-state index contributed by atoms with van der Waals surface area (Å²) in [6.45, 7) is 7.08. The normalized spacial score (nSPS) is 11.6. The minimum Gasteiger partial charge on any atom is -0.354 e. The first-order valence-electron chi connectivity index (χ1n) is 6.15. The SMILES string of the molecule is CN(Cc1cccs1)c1cc(Cl)nc(C(C)(C)C)n1. The summed E-state index contributed by atoms with van der Waals surface area (Å²) in [5.74, 6) is 1.63. The molecule has 0 aliphatic carbocycles. The molecule has 0 bridgehead atoms. The minimum atomic E-state index is -0.108. The lowest BCUT2D eigenvalue weighted by Crippen LogP contribution is -2.21. The third-order valence-corrected chi connectivity index (χ3v) is 3.77. The number of anilines is 1. The first kappa shape index (κ1) is 14.3. The van der Waals surface area contributed by atoms with Gasteiger partial charge in [-0.25, -0.2) is 9.97 Å². The van der Waals surface area contributed by atoms with E-state index in [9.17, 15) is 0 Å². The molecule has 0 saturated heterocycles. The monoisotopic (exact) mass is 295 g/mol. The maximum absolute atomic E-state index is 6.11. The van der Waals surface area contributed by atoms with Crippen molar-refractivity contribution in [1.82, 2.24) is 9.97 Å². The lowest BCUT2D eigenvalue weighted by molar-refractivity contribution is 0.544. The molecule has 3 nitrogen and oxygen atoms in total. The van der Waals surface area contributed by atoms with E-state index in [1.54, 1.807) is 11.3 Å². The zero-order valence-corrected chi connectivity index (χ0v) is 13.2. The Morgan fingerprint density at radius 2 is 2.05 bits per heavy atom. The second-order valence-corrected chi connectivity index (χ2v) is 6.98. The van der Waals surface area contributed by atoms with E-state index in [0.717, 1.165) is 18.2 Å². The van der Waals surface area contributed by atoms with Gasteiger partial charge in [0.15, 0.2) is 0 Å². The van der Waals surface area contributed by atoms with E-state index in [1.807, 2.05) is 13.1 Å². The average Bonchev–Trinajstić information content (AvgIpc) is 2.79. The topological polar surface area (TPSA) is 29.0 Å². The third kappa shape index (κ3) is 3.67. The fourth-order valence-corrected chi connectivity index (χ4v) is 2.59. The van der Waals surface area contributed by atoms with Crippen LogP contribution >= 0.6 is 22.9 Å². The Hall–Kier alpha value is -1.13. The summed E-state index contributed by atoms with van der Waals surface area (Å²) in [6, 6.07) is 5.99. The molecular weight excluding hydrogens is 278 g/mol. The largest absolute Gasteiger partial charge is 0.354 e. The van der Waals surface area contributed by atoms with Crippen molar-refractivity contribution in [2.45, 2.75) is 32.7 Å². The molecule has 0 spiro atoms. The summed E-state index contributed by atoms with van der Waals surface area (Å²) in [6.07, 6.45) is 0. The van der Waals surface area contributed by atoms with E-state index < -0.39 is 0 Å². The molecule has 102 valence electrons. The van der Waals surface area contributed by atoms with Crippen LogP contribution in [-0.4, -0.2) is 17.0 Å². The van der Waals surface area contributed by atoms with Crippen molar-refractivity contribution >= 4 is 28.8 Å². The van der Waals surface area contributed by atoms with Crippen molar-refractivity contribution < 1.29 is 0 Å². The maximum Gasteiger partial charge on any atom is 0.137 e. The van der Waals surface area contributed by atoms with Crippen LogP contribution in [0.15, 0.2) is 23.6 Å². The Morgan fingerprint density at radius 3 is 2.63 bits per heavy atom. The van der Waals surface area contributed by atoms with Crippen LogP contribution in [-0.2, 0) is 12.0 Å². The van der Waals surface area contributed by atoms with Gasteiger partial charge in [0.05, 0.1) is 6.54 Å². The number of halogens is 1. The number of hydrogen-bond donors (Lipinski definition) is 0. The van der Waals surface area contributed by atoms with Gasteiger partial charge < -0.3 is 4.90 Å². The molecule has 19 heavy (non-hydrogen) atoms. The van der Waals surface area contributed by atoms with E-state index in [4.69, 9.17) is 11.6 Å². The van der Waals surface area contributed by atoms with E-state index in [-0.39, 0.29) is 5.41 Å². The minimum absolute atomic E-state index is 0.108. The van der Waals surface area contributed by atoms with Gasteiger partial charge in [-0.15, -0.1) is 11.3 Å². The number of rotatable bonds is 3. The average molecular weight is 296 g/mol. The number of nitrogens with zero attached hydrogens (tertiary/aromatic N) is 3. The molecule has 0 saturated carbocycles. The van der Waals surface area contributed by atoms with Gasteiger partial charge in [0.2, 0.25) is 0 Å². The number of thiophene rings is 1. The highest BCUT2D eigenvalue weighted by molar-refractivity contribution is 7.09. The summed E-state index contributed by atoms with van der Waals surface area (Å²) >= 11 is 7.85. The van der Waals surface area contributed by atoms with E-state index in [0.29, 0.717) is 5.15 Å². The predicted molar refractivity (Wildman–Crippen MR) is 82.2 cm³/mol. The Kier molecular flexibility index (Phi) is 4.11. The van der Waals surface area contributed by atoms with Crippen molar-refractivity contribution in [2.24, 2.45) is 0 Å². The van der Waals surface area contributed by atoms with Crippen molar-refractivity contribution in [2.75, 3.05) is 11.9 Å². The number of aromatic nitrogens is 2. The highest BCUT2D eigenvalue weighted by atomic mass is 35.5. The van der Waals surface area contributed by atoms with Gasteiger partial charge in [0.1, 0.15) is 16.8 Å². The standard InChI is InChI=1S/C14H18ClN3S/c1-14(2,3)13-16-11(15)8-12(17-13)18(4)9-10-6-5-7-19-10/h5-8H,9H2,1-4H3. The summed E-state index contributed by atoms with van der Waals surface area (Å²) in [5.41, 5.74) is -0.108. The molecular formula is C14H18ClN3S. The molecule has 0 atom stereocenters. The molecule has 0 aromatic carbocycles. The van der Waals surface area contributed by atoms with Gasteiger partial charge in [0.25, 0.3) is 0 Å². The fraction of sp³-hybridized carbons (Fsp3) is 0.429. The molecule has 2 rings (SSSR count). The van der Waals surface area contributed by atoms with Gasteiger partial charge in [-0.2, -0.15) is 0 Å². The van der Waals surface area contributed by atoms with Crippen LogP contribution in [0.25, 0.3) is 0 Å². The molecule has 5 heteroatoms. The van der Waals surface area contributed by atoms with Crippen molar-refractivity contribution in [3.05, 3.63) is 39.4 Å². The molecule has 0 radical (unpaired) electrons. The van der Waals surface area contributed by atoms with Gasteiger partial charge in [-0.1, -0.05) is 38.4 Å². The molecule has 0 aliphatic heterocycles. The zero-order chi connectivity index (χ0) is 14.0. The Bertz CT molecular complexity index is 546. The van der Waals surface area contributed by atoms with Crippen LogP contribution < -0.4 is 4.90 Å². The summed E-state index contributed by atoms with van der Waals surface area (Å²) < 4.78 is 0. The van der Waals surface area contributed by atoms with Crippen LogP contribution in [0.1, 0.15) is 31.5 Å². The van der Waals surface area contributed by atoms with Gasteiger partial charge in [-0.3, -0.25) is 0 Å². The third-order valence-electron chi connectivity index (χ3n) is 2.72. The van der Waals surface area contributed by atoms with Crippen LogP contribution in [0.4, 0.5) is 5.82 Å². The fourth-order valence-electron chi connectivity index (χ4n) is 1.65. The van der Waals surface area contributed by atoms with Crippen molar-refractivity contribution in [1.29, 1.82) is 0 Å². The second kappa shape index (κ2) is 5.47. The van der Waals surface area contributed by atoms with E-state index in [1.165, 1.54) is 4.88 Å². The lowest BCUT2D eigenvalue weighted by Gasteiger charge is -2.22. The molecule has 0 fully saturated rings. The Balaban J connectivity index is 2.26. The molecule has 0 unspecified atom stereocenters. The lowest BCUT2D eigenvalue weighted by atomic mass is 9.96. The van der Waals surface area contributed by atoms with Gasteiger partial charge in [0, 0.05) is 23.4 Å². The molecule has 0 amide bonds. The smallest absolute Gasteiger partial charge is 0.137 e. The van der Waals surface area contributed by atoms with Gasteiger partial charge >= 0.3 is 0 Å². The van der Waals surface area contributed by atoms with Gasteiger partial charge in [-0.05, 0) is 11.4 Å². The quantitative estimate of drug-likeness (QED) is 0.798. The van der Waals surface area contributed by atoms with Crippen LogP contribution in [0.3, 0.4) is 0 Å². The first-order valence-corrected chi connectivity index (χ1v) is 7.40. The predicted octanol–water partition coefficient (Wildman–Crippen LogP) is 4.13. The highest BCUT2D eigenvalue weighted by Crippen LogP contribution is 2.24. The Morgan fingerprint density at radius 1 is 1.32 bits per heavy atom. The number of hydrogen-bond acceptors (Lipinski definition) is 4. The summed E-state index contributed by atoms with van der Waals surface area (Å²) in [5, 5.41) is 2.57. The molecule has 0 N–H and O–H groups in total. The van der Waals surface area contributed by atoms with Crippen molar-refractivity contribution in [3.8, 4) is 0 Å². The first-order chi connectivity index (χ1) is 8.86. The summed E-state index contributed by atoms with van der Waals surface area (Å²) in [7, 11) is 2.02. The van der Waals surface area contributed by atoms with E-state index >= 15 is 0 Å². The zero-order valence-electron chi connectivity index (χ0n) is 11.6. The maximum atomic E-state index is 6.11. The van der Waals surface area contributed by atoms with E-state index in [2.05, 4.69) is 53.2 Å². The van der Waals surface area contributed by atoms with Crippen LogP contribution in [0.5, 0.6) is 0 Å².